The third-order valence-electron chi connectivity index (χ3n) is 5.54. The standard InChI is InChI=1S/C23H29NO5S/c1-5-16-6-10-21-17(13-16)7-8-18(12-15(2)3)24(21)30(27,28)19-9-11-22(25)20(14-19)23(26)29-4/h6,9-11,13-15,18,25H,5,7-8,12H2,1-4H3. The average Bonchev–Trinajstić information content (AvgIpc) is 2.72. The highest BCUT2D eigenvalue weighted by Crippen LogP contribution is 2.38. The van der Waals surface area contributed by atoms with Gasteiger partial charge in [0.25, 0.3) is 10.0 Å². The van der Waals surface area contributed by atoms with E-state index in [-0.39, 0.29) is 22.3 Å². The van der Waals surface area contributed by atoms with Crippen LogP contribution in [0.5, 0.6) is 5.75 Å². The van der Waals surface area contributed by atoms with Crippen molar-refractivity contribution >= 4 is 21.7 Å². The number of phenolic OH excluding ortho intramolecular Hbond substituents is 1. The first kappa shape index (κ1) is 22.2. The Labute approximate surface area is 178 Å². The fourth-order valence-corrected chi connectivity index (χ4v) is 5.81. The summed E-state index contributed by atoms with van der Waals surface area (Å²) in [6.45, 7) is 6.23. The molecule has 30 heavy (non-hydrogen) atoms. The molecule has 1 N–H and O–H groups in total. The van der Waals surface area contributed by atoms with E-state index in [1.165, 1.54) is 35.2 Å². The zero-order valence-electron chi connectivity index (χ0n) is 17.9. The molecule has 1 aliphatic heterocycles. The van der Waals surface area contributed by atoms with Gasteiger partial charge in [-0.2, -0.15) is 0 Å². The van der Waals surface area contributed by atoms with Crippen molar-refractivity contribution in [1.82, 2.24) is 0 Å². The molecule has 0 bridgehead atoms. The van der Waals surface area contributed by atoms with Crippen LogP contribution < -0.4 is 4.31 Å². The second-order valence-corrected chi connectivity index (χ2v) is 9.92. The van der Waals surface area contributed by atoms with Crippen LogP contribution >= 0.6 is 0 Å². The van der Waals surface area contributed by atoms with Gasteiger partial charge in [-0.1, -0.05) is 32.9 Å². The smallest absolute Gasteiger partial charge is 0.341 e. The van der Waals surface area contributed by atoms with Crippen molar-refractivity contribution in [2.45, 2.75) is 57.4 Å². The molecule has 6 nitrogen and oxygen atoms in total. The van der Waals surface area contributed by atoms with Gasteiger partial charge in [0.05, 0.1) is 17.7 Å². The molecule has 2 aromatic carbocycles. The second-order valence-electron chi connectivity index (χ2n) is 8.11. The Balaban J connectivity index is 2.15. The van der Waals surface area contributed by atoms with Gasteiger partial charge in [-0.15, -0.1) is 0 Å². The Hall–Kier alpha value is -2.54. The SMILES string of the molecule is CCc1ccc2c(c1)CCC(CC(C)C)N2S(=O)(=O)c1ccc(O)c(C(=O)OC)c1. The van der Waals surface area contributed by atoms with Crippen LogP contribution in [0, 0.1) is 5.92 Å². The maximum absolute atomic E-state index is 13.8. The Morgan fingerprint density at radius 3 is 2.60 bits per heavy atom. The third-order valence-corrected chi connectivity index (χ3v) is 7.40. The number of nitrogens with zero attached hydrogens (tertiary/aromatic N) is 1. The number of carbonyl (C=O) groups excluding carboxylic acids is 1. The van der Waals surface area contributed by atoms with E-state index in [2.05, 4.69) is 31.6 Å². The summed E-state index contributed by atoms with van der Waals surface area (Å²) in [7, 11) is -2.77. The molecule has 0 fully saturated rings. The van der Waals surface area contributed by atoms with Crippen molar-refractivity contribution in [2.24, 2.45) is 5.92 Å². The van der Waals surface area contributed by atoms with E-state index in [1.807, 2.05) is 12.1 Å². The first-order valence-electron chi connectivity index (χ1n) is 10.3. The normalized spacial score (nSPS) is 16.4. The molecular weight excluding hydrogens is 402 g/mol. The summed E-state index contributed by atoms with van der Waals surface area (Å²) in [4.78, 5) is 11.9. The van der Waals surface area contributed by atoms with E-state index in [0.29, 0.717) is 11.6 Å². The Bertz CT molecular complexity index is 1050. The lowest BCUT2D eigenvalue weighted by Crippen LogP contribution is -2.44. The number of fused-ring (bicyclic) bond motifs is 1. The lowest BCUT2D eigenvalue weighted by molar-refractivity contribution is 0.0597. The molecule has 7 heteroatoms. The number of hydrogen-bond donors (Lipinski definition) is 1. The zero-order chi connectivity index (χ0) is 22.1. The summed E-state index contributed by atoms with van der Waals surface area (Å²) in [5, 5.41) is 9.99. The van der Waals surface area contributed by atoms with Gasteiger partial charge in [0.1, 0.15) is 11.3 Å². The van der Waals surface area contributed by atoms with Gasteiger partial charge in [0.2, 0.25) is 0 Å². The summed E-state index contributed by atoms with van der Waals surface area (Å²) >= 11 is 0. The molecule has 2 aromatic rings. The molecule has 0 aromatic heterocycles. The fourth-order valence-electron chi connectivity index (χ4n) is 4.06. The van der Waals surface area contributed by atoms with Gasteiger partial charge in [-0.3, -0.25) is 4.31 Å². The number of rotatable bonds is 6. The van der Waals surface area contributed by atoms with Gasteiger partial charge in [-0.05, 0) is 67.0 Å². The van der Waals surface area contributed by atoms with Crippen molar-refractivity contribution < 1.29 is 23.1 Å². The van der Waals surface area contributed by atoms with Crippen LogP contribution in [0.4, 0.5) is 5.69 Å². The van der Waals surface area contributed by atoms with Crippen molar-refractivity contribution in [3.8, 4) is 5.75 Å². The summed E-state index contributed by atoms with van der Waals surface area (Å²) in [5.41, 5.74) is 2.71. The van der Waals surface area contributed by atoms with Gasteiger partial charge < -0.3 is 9.84 Å². The number of methoxy groups -OCH3 is 1. The van der Waals surface area contributed by atoms with E-state index in [1.54, 1.807) is 0 Å². The number of esters is 1. The highest BCUT2D eigenvalue weighted by atomic mass is 32.2. The van der Waals surface area contributed by atoms with Gasteiger partial charge in [0.15, 0.2) is 0 Å². The topological polar surface area (TPSA) is 83.9 Å². The molecule has 0 aliphatic carbocycles. The minimum Gasteiger partial charge on any atom is -0.507 e. The van der Waals surface area contributed by atoms with Crippen LogP contribution in [-0.4, -0.2) is 32.6 Å². The molecule has 0 spiro atoms. The number of ether oxygens (including phenoxy) is 1. The molecule has 162 valence electrons. The Morgan fingerprint density at radius 1 is 1.23 bits per heavy atom. The summed E-state index contributed by atoms with van der Waals surface area (Å²) < 4.78 is 33.7. The number of aromatic hydroxyl groups is 1. The quantitative estimate of drug-likeness (QED) is 0.690. The number of benzene rings is 2. The van der Waals surface area contributed by atoms with E-state index in [0.717, 1.165) is 31.2 Å². The highest BCUT2D eigenvalue weighted by Gasteiger charge is 2.37. The summed E-state index contributed by atoms with van der Waals surface area (Å²) in [6.07, 6.45) is 3.18. The monoisotopic (exact) mass is 431 g/mol. The maximum Gasteiger partial charge on any atom is 0.341 e. The third kappa shape index (κ3) is 4.17. The predicted octanol–water partition coefficient (Wildman–Crippen LogP) is 4.30. The van der Waals surface area contributed by atoms with E-state index in [4.69, 9.17) is 0 Å². The molecule has 1 aliphatic rings. The minimum absolute atomic E-state index is 0.0399. The Kier molecular flexibility index (Phi) is 6.41. The molecule has 0 amide bonds. The molecule has 3 rings (SSSR count). The second kappa shape index (κ2) is 8.68. The number of hydrogen-bond acceptors (Lipinski definition) is 5. The van der Waals surface area contributed by atoms with Crippen LogP contribution in [0.1, 0.15) is 55.1 Å². The lowest BCUT2D eigenvalue weighted by atomic mass is 9.91. The van der Waals surface area contributed by atoms with Crippen LogP contribution in [0.3, 0.4) is 0 Å². The highest BCUT2D eigenvalue weighted by molar-refractivity contribution is 7.92. The zero-order valence-corrected chi connectivity index (χ0v) is 18.7. The number of aryl methyl sites for hydroxylation is 2. The van der Waals surface area contributed by atoms with Gasteiger partial charge in [0, 0.05) is 6.04 Å². The van der Waals surface area contributed by atoms with Gasteiger partial charge >= 0.3 is 5.97 Å². The van der Waals surface area contributed by atoms with Crippen LogP contribution in [0.15, 0.2) is 41.3 Å². The van der Waals surface area contributed by atoms with Crippen molar-refractivity contribution in [3.05, 3.63) is 53.1 Å². The molecule has 1 heterocycles. The van der Waals surface area contributed by atoms with E-state index in [9.17, 15) is 18.3 Å². The van der Waals surface area contributed by atoms with Crippen molar-refractivity contribution in [2.75, 3.05) is 11.4 Å². The first-order valence-corrected chi connectivity index (χ1v) is 11.7. The number of phenols is 1. The summed E-state index contributed by atoms with van der Waals surface area (Å²) in [6, 6.07) is 9.51. The summed E-state index contributed by atoms with van der Waals surface area (Å²) in [5.74, 6) is -0.768. The number of carbonyl (C=O) groups is 1. The van der Waals surface area contributed by atoms with Crippen LogP contribution in [0.25, 0.3) is 0 Å². The van der Waals surface area contributed by atoms with Crippen molar-refractivity contribution in [3.63, 3.8) is 0 Å². The molecule has 0 radical (unpaired) electrons. The molecule has 1 unspecified atom stereocenters. The average molecular weight is 432 g/mol. The fraction of sp³-hybridized carbons (Fsp3) is 0.435. The molecule has 0 saturated heterocycles. The van der Waals surface area contributed by atoms with E-state index < -0.39 is 16.0 Å². The molecule has 1 atom stereocenters. The van der Waals surface area contributed by atoms with Crippen LogP contribution in [0.2, 0.25) is 0 Å². The molecule has 0 saturated carbocycles. The maximum atomic E-state index is 13.8. The van der Waals surface area contributed by atoms with E-state index >= 15 is 0 Å². The predicted molar refractivity (Wildman–Crippen MR) is 116 cm³/mol. The molecular formula is C23H29NO5S. The number of sulfonamides is 1. The first-order chi connectivity index (χ1) is 14.2. The largest absolute Gasteiger partial charge is 0.507 e. The van der Waals surface area contributed by atoms with Crippen LogP contribution in [-0.2, 0) is 27.6 Å². The van der Waals surface area contributed by atoms with Crippen molar-refractivity contribution in [1.29, 1.82) is 0 Å². The Morgan fingerprint density at radius 2 is 1.97 bits per heavy atom. The van der Waals surface area contributed by atoms with Gasteiger partial charge in [-0.25, -0.2) is 13.2 Å². The number of anilines is 1. The lowest BCUT2D eigenvalue weighted by Gasteiger charge is -2.39. The minimum atomic E-state index is -3.96.